The van der Waals surface area contributed by atoms with Crippen molar-refractivity contribution < 1.29 is 9.59 Å². The van der Waals surface area contributed by atoms with E-state index in [1.165, 1.54) is 11.8 Å². The van der Waals surface area contributed by atoms with E-state index >= 15 is 0 Å². The number of carbonyl (C=O) groups excluding carboxylic acids is 2. The molecule has 7 nitrogen and oxygen atoms in total. The third-order valence-corrected chi connectivity index (χ3v) is 5.90. The number of aromatic nitrogens is 2. The third-order valence-electron chi connectivity index (χ3n) is 4.95. The van der Waals surface area contributed by atoms with Gasteiger partial charge in [0.15, 0.2) is 5.16 Å². The van der Waals surface area contributed by atoms with Crippen LogP contribution < -0.4 is 16.2 Å². The van der Waals surface area contributed by atoms with Crippen LogP contribution in [0.25, 0.3) is 10.9 Å². The average Bonchev–Trinajstić information content (AvgIpc) is 3.56. The van der Waals surface area contributed by atoms with Gasteiger partial charge in [-0.2, -0.15) is 0 Å². The number of carbonyl (C=O) groups is 2. The number of benzene rings is 2. The van der Waals surface area contributed by atoms with Gasteiger partial charge in [-0.05, 0) is 57.0 Å². The molecule has 160 valence electrons. The molecule has 0 saturated heterocycles. The van der Waals surface area contributed by atoms with Crippen molar-refractivity contribution in [2.75, 3.05) is 11.1 Å². The summed E-state index contributed by atoms with van der Waals surface area (Å²) in [7, 11) is 0. The summed E-state index contributed by atoms with van der Waals surface area (Å²) in [4.78, 5) is 42.2. The number of hydrogen-bond donors (Lipinski definition) is 2. The van der Waals surface area contributed by atoms with Crippen LogP contribution in [0.3, 0.4) is 0 Å². The van der Waals surface area contributed by atoms with E-state index in [4.69, 9.17) is 0 Å². The molecule has 0 radical (unpaired) electrons. The highest BCUT2D eigenvalue weighted by Crippen LogP contribution is 2.22. The number of anilines is 1. The Kier molecular flexibility index (Phi) is 6.08. The van der Waals surface area contributed by atoms with E-state index in [1.807, 2.05) is 26.0 Å². The predicted molar refractivity (Wildman–Crippen MR) is 123 cm³/mol. The molecule has 2 N–H and O–H groups in total. The smallest absolute Gasteiger partial charge is 0.262 e. The molecule has 0 unspecified atom stereocenters. The molecule has 0 aliphatic heterocycles. The molecule has 8 heteroatoms. The summed E-state index contributed by atoms with van der Waals surface area (Å²) < 4.78 is 1.61. The maximum absolute atomic E-state index is 12.9. The molecule has 0 atom stereocenters. The third kappa shape index (κ3) is 4.96. The molecule has 1 aromatic heterocycles. The number of hydrogen-bond acceptors (Lipinski definition) is 5. The SMILES string of the molecule is CC(C)n1c(SCC(=O)Nc2cccc(C(=O)NC3CC3)c2)nc2ccccc2c1=O. The van der Waals surface area contributed by atoms with Gasteiger partial charge >= 0.3 is 0 Å². The molecular formula is C23H24N4O3S. The van der Waals surface area contributed by atoms with E-state index in [0.29, 0.717) is 27.3 Å². The Morgan fingerprint density at radius 3 is 2.68 bits per heavy atom. The standard InChI is InChI=1S/C23H24N4O3S/c1-14(2)27-22(30)18-8-3-4-9-19(18)26-23(27)31-13-20(28)24-17-7-5-6-15(12-17)21(29)25-16-10-11-16/h3-9,12,14,16H,10-11,13H2,1-2H3,(H,24,28)(H,25,29). The molecule has 1 fully saturated rings. The van der Waals surface area contributed by atoms with Crippen molar-refractivity contribution >= 4 is 40.2 Å². The fraction of sp³-hybridized carbons (Fsp3) is 0.304. The van der Waals surface area contributed by atoms with Crippen LogP contribution in [0.5, 0.6) is 0 Å². The summed E-state index contributed by atoms with van der Waals surface area (Å²) in [6.45, 7) is 3.83. The van der Waals surface area contributed by atoms with Crippen LogP contribution in [0, 0.1) is 0 Å². The van der Waals surface area contributed by atoms with E-state index in [0.717, 1.165) is 12.8 Å². The van der Waals surface area contributed by atoms with Crippen molar-refractivity contribution in [2.24, 2.45) is 0 Å². The highest BCUT2D eigenvalue weighted by atomic mass is 32.2. The lowest BCUT2D eigenvalue weighted by Crippen LogP contribution is -2.26. The highest BCUT2D eigenvalue weighted by molar-refractivity contribution is 7.99. The van der Waals surface area contributed by atoms with Crippen LogP contribution in [-0.2, 0) is 4.79 Å². The van der Waals surface area contributed by atoms with Crippen molar-refractivity contribution in [3.63, 3.8) is 0 Å². The first kappa shape index (κ1) is 21.1. The average molecular weight is 437 g/mol. The van der Waals surface area contributed by atoms with Crippen LogP contribution in [0.4, 0.5) is 5.69 Å². The van der Waals surface area contributed by atoms with Crippen LogP contribution in [0.2, 0.25) is 0 Å². The maximum atomic E-state index is 12.9. The summed E-state index contributed by atoms with van der Waals surface area (Å²) >= 11 is 1.22. The fourth-order valence-electron chi connectivity index (χ4n) is 3.24. The van der Waals surface area contributed by atoms with E-state index in [-0.39, 0.29) is 35.2 Å². The van der Waals surface area contributed by atoms with E-state index in [1.54, 1.807) is 41.0 Å². The molecule has 2 amide bonds. The summed E-state index contributed by atoms with van der Waals surface area (Å²) in [6, 6.07) is 14.3. The molecule has 1 heterocycles. The Balaban J connectivity index is 1.46. The van der Waals surface area contributed by atoms with Gasteiger partial charge in [0.25, 0.3) is 11.5 Å². The second-order valence-corrected chi connectivity index (χ2v) is 8.79. The first-order valence-corrected chi connectivity index (χ1v) is 11.3. The Morgan fingerprint density at radius 1 is 1.16 bits per heavy atom. The number of para-hydroxylation sites is 1. The molecule has 2 aromatic carbocycles. The van der Waals surface area contributed by atoms with Crippen molar-refractivity contribution in [2.45, 2.75) is 43.9 Å². The van der Waals surface area contributed by atoms with Crippen LogP contribution in [0.1, 0.15) is 43.1 Å². The van der Waals surface area contributed by atoms with Gasteiger partial charge in [-0.1, -0.05) is 30.0 Å². The molecule has 1 saturated carbocycles. The summed E-state index contributed by atoms with van der Waals surface area (Å²) in [5.41, 5.74) is 1.57. The number of rotatable bonds is 7. The van der Waals surface area contributed by atoms with Gasteiger partial charge in [0.05, 0.1) is 16.7 Å². The van der Waals surface area contributed by atoms with Gasteiger partial charge in [0.1, 0.15) is 0 Å². The van der Waals surface area contributed by atoms with Gasteiger partial charge in [0, 0.05) is 23.3 Å². The highest BCUT2D eigenvalue weighted by Gasteiger charge is 2.24. The quantitative estimate of drug-likeness (QED) is 0.436. The zero-order valence-electron chi connectivity index (χ0n) is 17.4. The van der Waals surface area contributed by atoms with Crippen molar-refractivity contribution in [3.05, 3.63) is 64.4 Å². The molecule has 4 rings (SSSR count). The zero-order valence-corrected chi connectivity index (χ0v) is 18.2. The van der Waals surface area contributed by atoms with E-state index < -0.39 is 0 Å². The number of nitrogens with zero attached hydrogens (tertiary/aromatic N) is 2. The van der Waals surface area contributed by atoms with Crippen molar-refractivity contribution in [1.82, 2.24) is 14.9 Å². The summed E-state index contributed by atoms with van der Waals surface area (Å²) in [5, 5.41) is 6.83. The molecule has 1 aliphatic carbocycles. The monoisotopic (exact) mass is 436 g/mol. The van der Waals surface area contributed by atoms with Gasteiger partial charge in [-0.3, -0.25) is 19.0 Å². The molecule has 0 bridgehead atoms. The first-order valence-electron chi connectivity index (χ1n) is 10.3. The van der Waals surface area contributed by atoms with Gasteiger partial charge in [-0.15, -0.1) is 0 Å². The number of thioether (sulfide) groups is 1. The fourth-order valence-corrected chi connectivity index (χ4v) is 4.17. The number of nitrogens with one attached hydrogen (secondary N) is 2. The topological polar surface area (TPSA) is 93.1 Å². The Bertz CT molecular complexity index is 1200. The maximum Gasteiger partial charge on any atom is 0.262 e. The lowest BCUT2D eigenvalue weighted by Gasteiger charge is -2.16. The molecule has 31 heavy (non-hydrogen) atoms. The van der Waals surface area contributed by atoms with Crippen LogP contribution in [-0.4, -0.2) is 33.2 Å². The lowest BCUT2D eigenvalue weighted by molar-refractivity contribution is -0.113. The molecular weight excluding hydrogens is 412 g/mol. The number of amides is 2. The first-order chi connectivity index (χ1) is 14.9. The van der Waals surface area contributed by atoms with E-state index in [9.17, 15) is 14.4 Å². The van der Waals surface area contributed by atoms with Crippen LogP contribution in [0.15, 0.2) is 58.5 Å². The Hall–Kier alpha value is -3.13. The minimum Gasteiger partial charge on any atom is -0.349 e. The zero-order chi connectivity index (χ0) is 22.0. The second-order valence-electron chi connectivity index (χ2n) is 7.85. The number of fused-ring (bicyclic) bond motifs is 1. The normalized spacial score (nSPS) is 13.4. The molecule has 1 aliphatic rings. The van der Waals surface area contributed by atoms with Gasteiger partial charge < -0.3 is 10.6 Å². The van der Waals surface area contributed by atoms with E-state index in [2.05, 4.69) is 15.6 Å². The summed E-state index contributed by atoms with van der Waals surface area (Å²) in [6.07, 6.45) is 2.04. The minimum atomic E-state index is -0.234. The summed E-state index contributed by atoms with van der Waals surface area (Å²) in [5.74, 6) is -0.271. The molecule has 0 spiro atoms. The van der Waals surface area contributed by atoms with Gasteiger partial charge in [-0.25, -0.2) is 4.98 Å². The van der Waals surface area contributed by atoms with Gasteiger partial charge in [0.2, 0.25) is 5.91 Å². The Labute approximate surface area is 184 Å². The van der Waals surface area contributed by atoms with Crippen molar-refractivity contribution in [1.29, 1.82) is 0 Å². The lowest BCUT2D eigenvalue weighted by atomic mass is 10.2. The second kappa shape index (κ2) is 8.93. The minimum absolute atomic E-state index is 0.0863. The largest absolute Gasteiger partial charge is 0.349 e. The molecule has 3 aromatic rings. The van der Waals surface area contributed by atoms with Crippen LogP contribution >= 0.6 is 11.8 Å². The van der Waals surface area contributed by atoms with Crippen molar-refractivity contribution in [3.8, 4) is 0 Å². The Morgan fingerprint density at radius 2 is 1.94 bits per heavy atom. The predicted octanol–water partition coefficient (Wildman–Crippen LogP) is 3.60.